The quantitative estimate of drug-likeness (QED) is 0.829. The average molecular weight is 359 g/mol. The van der Waals surface area contributed by atoms with Crippen molar-refractivity contribution >= 4 is 23.5 Å². The fourth-order valence-corrected chi connectivity index (χ4v) is 3.18. The highest BCUT2D eigenvalue weighted by atomic mass is 35.5. The van der Waals surface area contributed by atoms with Gasteiger partial charge in [-0.25, -0.2) is 4.79 Å². The fourth-order valence-electron chi connectivity index (χ4n) is 3.06. The van der Waals surface area contributed by atoms with Crippen molar-refractivity contribution in [1.82, 2.24) is 10.2 Å². The summed E-state index contributed by atoms with van der Waals surface area (Å²) < 4.78 is 5.16. The Morgan fingerprint density at radius 2 is 1.72 bits per heavy atom. The first-order valence-electron chi connectivity index (χ1n) is 8.03. The third-order valence-electron chi connectivity index (χ3n) is 4.54. The number of rotatable bonds is 5. The molecule has 5 nitrogen and oxygen atoms in total. The highest BCUT2D eigenvalue weighted by Gasteiger charge is 2.51. The third-order valence-corrected chi connectivity index (χ3v) is 4.79. The predicted molar refractivity (Wildman–Crippen MR) is 95.5 cm³/mol. The van der Waals surface area contributed by atoms with Crippen LogP contribution >= 0.6 is 11.6 Å². The lowest BCUT2D eigenvalue weighted by molar-refractivity contribution is -0.132. The molecule has 0 spiro atoms. The van der Waals surface area contributed by atoms with Crippen LogP contribution in [0.4, 0.5) is 4.79 Å². The van der Waals surface area contributed by atoms with Crippen molar-refractivity contribution in [2.45, 2.75) is 25.4 Å². The number of carbonyl (C=O) groups is 2. The molecule has 1 saturated heterocycles. The van der Waals surface area contributed by atoms with E-state index < -0.39 is 11.6 Å². The Morgan fingerprint density at radius 3 is 2.28 bits per heavy atom. The van der Waals surface area contributed by atoms with E-state index in [0.717, 1.165) is 11.1 Å². The summed E-state index contributed by atoms with van der Waals surface area (Å²) >= 11 is 5.89. The van der Waals surface area contributed by atoms with Crippen molar-refractivity contribution in [3.8, 4) is 5.75 Å². The lowest BCUT2D eigenvalue weighted by atomic mass is 9.87. The summed E-state index contributed by atoms with van der Waals surface area (Å²) in [6.07, 6.45) is 0.459. The van der Waals surface area contributed by atoms with Crippen LogP contribution in [0.3, 0.4) is 0 Å². The number of nitrogens with zero attached hydrogens (tertiary/aromatic N) is 1. The molecule has 6 heteroatoms. The topological polar surface area (TPSA) is 58.6 Å². The molecule has 3 amide bonds. The molecule has 1 aliphatic rings. The number of halogens is 1. The number of benzene rings is 2. The van der Waals surface area contributed by atoms with E-state index in [-0.39, 0.29) is 12.5 Å². The zero-order chi connectivity index (χ0) is 18.0. The number of carbonyl (C=O) groups excluding carboxylic acids is 2. The van der Waals surface area contributed by atoms with Gasteiger partial charge in [0, 0.05) is 5.02 Å². The van der Waals surface area contributed by atoms with Crippen molar-refractivity contribution in [2.75, 3.05) is 7.11 Å². The Kier molecular flexibility index (Phi) is 4.68. The van der Waals surface area contributed by atoms with Crippen LogP contribution in [0, 0.1) is 0 Å². The van der Waals surface area contributed by atoms with Crippen LogP contribution in [0.2, 0.25) is 5.02 Å². The van der Waals surface area contributed by atoms with Crippen LogP contribution in [0.1, 0.15) is 24.5 Å². The van der Waals surface area contributed by atoms with Crippen LogP contribution < -0.4 is 10.1 Å². The van der Waals surface area contributed by atoms with E-state index in [4.69, 9.17) is 16.3 Å². The molecule has 3 rings (SSSR count). The van der Waals surface area contributed by atoms with Gasteiger partial charge in [-0.2, -0.15) is 0 Å². The van der Waals surface area contributed by atoms with Gasteiger partial charge in [0.2, 0.25) is 0 Å². The van der Waals surface area contributed by atoms with Crippen molar-refractivity contribution in [3.63, 3.8) is 0 Å². The lowest BCUT2D eigenvalue weighted by Crippen LogP contribution is -2.43. The Bertz CT molecular complexity index is 789. The molecule has 2 aromatic rings. The predicted octanol–water partition coefficient (Wildman–Crippen LogP) is 3.71. The zero-order valence-corrected chi connectivity index (χ0v) is 14.8. The summed E-state index contributed by atoms with van der Waals surface area (Å²) in [5, 5.41) is 3.49. The summed E-state index contributed by atoms with van der Waals surface area (Å²) in [4.78, 5) is 26.8. The Morgan fingerprint density at radius 1 is 1.08 bits per heavy atom. The summed E-state index contributed by atoms with van der Waals surface area (Å²) in [5.74, 6) is 0.449. The van der Waals surface area contributed by atoms with Gasteiger partial charge in [0.25, 0.3) is 5.91 Å². The second kappa shape index (κ2) is 6.76. The molecule has 1 heterocycles. The second-order valence-corrected chi connectivity index (χ2v) is 6.37. The van der Waals surface area contributed by atoms with Gasteiger partial charge < -0.3 is 10.1 Å². The SMILES string of the molecule is CCC1(c2ccc(OC)cc2)NC(=O)N(Cc2ccc(Cl)cc2)C1=O. The van der Waals surface area contributed by atoms with E-state index in [1.54, 1.807) is 31.4 Å². The first-order valence-corrected chi connectivity index (χ1v) is 8.41. The summed E-state index contributed by atoms with van der Waals surface area (Å²) in [6, 6.07) is 13.9. The molecule has 1 atom stereocenters. The monoisotopic (exact) mass is 358 g/mol. The molecule has 1 unspecified atom stereocenters. The van der Waals surface area contributed by atoms with E-state index in [1.165, 1.54) is 4.90 Å². The van der Waals surface area contributed by atoms with Crippen LogP contribution in [0.25, 0.3) is 0 Å². The minimum Gasteiger partial charge on any atom is -0.497 e. The van der Waals surface area contributed by atoms with Gasteiger partial charge in [0.15, 0.2) is 0 Å². The standard InChI is InChI=1S/C19H19ClN2O3/c1-3-19(14-6-10-16(25-2)11-7-14)17(23)22(18(24)21-19)12-13-4-8-15(20)9-5-13/h4-11H,3,12H2,1-2H3,(H,21,24). The lowest BCUT2D eigenvalue weighted by Gasteiger charge is -2.26. The Labute approximate surface area is 151 Å². The maximum atomic E-state index is 13.1. The molecule has 0 radical (unpaired) electrons. The van der Waals surface area contributed by atoms with Gasteiger partial charge >= 0.3 is 6.03 Å². The van der Waals surface area contributed by atoms with Crippen molar-refractivity contribution in [2.24, 2.45) is 0 Å². The largest absolute Gasteiger partial charge is 0.497 e. The Balaban J connectivity index is 1.90. The van der Waals surface area contributed by atoms with E-state index >= 15 is 0 Å². The molecule has 1 aliphatic heterocycles. The molecular formula is C19H19ClN2O3. The number of urea groups is 1. The van der Waals surface area contributed by atoms with Gasteiger partial charge in [0.05, 0.1) is 13.7 Å². The summed E-state index contributed by atoms with van der Waals surface area (Å²) in [7, 11) is 1.58. The highest BCUT2D eigenvalue weighted by molar-refractivity contribution is 6.30. The summed E-state index contributed by atoms with van der Waals surface area (Å²) in [5.41, 5.74) is 0.540. The van der Waals surface area contributed by atoms with Crippen molar-refractivity contribution in [3.05, 3.63) is 64.7 Å². The molecule has 1 N–H and O–H groups in total. The molecule has 0 aromatic heterocycles. The van der Waals surface area contributed by atoms with Crippen LogP contribution in [0.5, 0.6) is 5.75 Å². The van der Waals surface area contributed by atoms with E-state index in [2.05, 4.69) is 5.32 Å². The van der Waals surface area contributed by atoms with Crippen molar-refractivity contribution < 1.29 is 14.3 Å². The molecule has 130 valence electrons. The third kappa shape index (κ3) is 3.07. The first kappa shape index (κ1) is 17.3. The average Bonchev–Trinajstić information content (AvgIpc) is 2.88. The maximum absolute atomic E-state index is 13.1. The smallest absolute Gasteiger partial charge is 0.325 e. The zero-order valence-electron chi connectivity index (χ0n) is 14.1. The molecule has 1 fully saturated rings. The Hall–Kier alpha value is -2.53. The first-order chi connectivity index (χ1) is 12.0. The number of imide groups is 1. The van der Waals surface area contributed by atoms with Gasteiger partial charge in [-0.05, 0) is 41.8 Å². The summed E-state index contributed by atoms with van der Waals surface area (Å²) in [6.45, 7) is 2.09. The molecule has 0 bridgehead atoms. The van der Waals surface area contributed by atoms with Gasteiger partial charge in [-0.15, -0.1) is 0 Å². The van der Waals surface area contributed by atoms with E-state index in [9.17, 15) is 9.59 Å². The van der Waals surface area contributed by atoms with Gasteiger partial charge in [0.1, 0.15) is 11.3 Å². The maximum Gasteiger partial charge on any atom is 0.325 e. The van der Waals surface area contributed by atoms with Crippen molar-refractivity contribution in [1.29, 1.82) is 0 Å². The number of ether oxygens (including phenoxy) is 1. The fraction of sp³-hybridized carbons (Fsp3) is 0.263. The molecule has 0 saturated carbocycles. The van der Waals surface area contributed by atoms with Crippen LogP contribution in [-0.2, 0) is 16.9 Å². The van der Waals surface area contributed by atoms with Gasteiger partial charge in [-0.1, -0.05) is 42.8 Å². The highest BCUT2D eigenvalue weighted by Crippen LogP contribution is 2.34. The van der Waals surface area contributed by atoms with Crippen LogP contribution in [-0.4, -0.2) is 23.9 Å². The number of amides is 3. The van der Waals surface area contributed by atoms with Gasteiger partial charge in [-0.3, -0.25) is 9.69 Å². The molecule has 25 heavy (non-hydrogen) atoms. The number of methoxy groups -OCH3 is 1. The van der Waals surface area contributed by atoms with E-state index in [1.807, 2.05) is 31.2 Å². The van der Waals surface area contributed by atoms with Crippen LogP contribution in [0.15, 0.2) is 48.5 Å². The number of hydrogen-bond donors (Lipinski definition) is 1. The minimum absolute atomic E-state index is 0.208. The molecule has 2 aromatic carbocycles. The normalized spacial score (nSPS) is 19.9. The number of hydrogen-bond acceptors (Lipinski definition) is 3. The molecular weight excluding hydrogens is 340 g/mol. The number of nitrogens with one attached hydrogen (secondary N) is 1. The minimum atomic E-state index is -1.05. The van der Waals surface area contributed by atoms with E-state index in [0.29, 0.717) is 17.2 Å². The second-order valence-electron chi connectivity index (χ2n) is 5.94. The molecule has 0 aliphatic carbocycles.